The lowest BCUT2D eigenvalue weighted by Gasteiger charge is -2.47. The number of halogens is 2. The van der Waals surface area contributed by atoms with Crippen LogP contribution in [0.1, 0.15) is 106 Å². The first-order valence-corrected chi connectivity index (χ1v) is 15.3. The van der Waals surface area contributed by atoms with Crippen molar-refractivity contribution in [2.45, 2.75) is 101 Å². The van der Waals surface area contributed by atoms with Crippen LogP contribution in [0.5, 0.6) is 0 Å². The number of rotatable bonds is 4. The summed E-state index contributed by atoms with van der Waals surface area (Å²) in [6, 6.07) is 16.2. The summed E-state index contributed by atoms with van der Waals surface area (Å²) >= 11 is 0. The number of aromatic amines is 1. The number of carbonyl (C=O) groups is 1. The molecule has 0 bridgehead atoms. The summed E-state index contributed by atoms with van der Waals surface area (Å²) in [5.74, 6) is 2.32. The van der Waals surface area contributed by atoms with Gasteiger partial charge in [0.2, 0.25) is 5.91 Å². The van der Waals surface area contributed by atoms with E-state index in [0.717, 1.165) is 45.3 Å². The number of likely N-dealkylation sites (tertiary alicyclic amines) is 1. The molecule has 3 N–H and O–H groups in total. The van der Waals surface area contributed by atoms with E-state index in [1.54, 1.807) is 0 Å². The van der Waals surface area contributed by atoms with Crippen molar-refractivity contribution >= 4 is 5.91 Å². The lowest BCUT2D eigenvalue weighted by molar-refractivity contribution is -0.640. The lowest BCUT2D eigenvalue weighted by Crippen LogP contribution is -3.00. The van der Waals surface area contributed by atoms with Gasteiger partial charge in [0, 0.05) is 36.6 Å². The fraction of sp³-hybridized carbons (Fsp3) is 0.636. The van der Waals surface area contributed by atoms with Crippen LogP contribution in [-0.4, -0.2) is 36.5 Å². The monoisotopic (exact) mass is 571 g/mol. The molecule has 4 nitrogen and oxygen atoms in total. The number of fused-ring (bicyclic) bond motifs is 2. The molecule has 2 saturated heterocycles. The van der Waals surface area contributed by atoms with Crippen molar-refractivity contribution in [2.24, 2.45) is 11.8 Å². The Bertz CT molecular complexity index is 1100. The summed E-state index contributed by atoms with van der Waals surface area (Å²) in [4.78, 5) is 20.9. The normalized spacial score (nSPS) is 29.0. The van der Waals surface area contributed by atoms with Crippen LogP contribution in [0, 0.1) is 11.8 Å². The maximum Gasteiger partial charge on any atom is 0.232 e. The summed E-state index contributed by atoms with van der Waals surface area (Å²) in [6.07, 6.45) is 12.3. The molecule has 1 saturated carbocycles. The van der Waals surface area contributed by atoms with E-state index >= 15 is 0 Å². The third kappa shape index (κ3) is 5.76. The SMILES string of the molecule is CC(C)c1ccc2c([nH+]1)CCC[C@]21C[NH2+]C[C@H]1C(=O)N1CC[C@@H](c2ccccc2)C[C@H]1C1CCCCC1.[Cl-].[Cl-]. The molecule has 0 radical (unpaired) electrons. The van der Waals surface area contributed by atoms with E-state index in [2.05, 4.69) is 71.5 Å². The zero-order valence-corrected chi connectivity index (χ0v) is 25.3. The van der Waals surface area contributed by atoms with Crippen LogP contribution in [0.2, 0.25) is 0 Å². The molecule has 3 heterocycles. The number of hydrogen-bond donors (Lipinski definition) is 1. The van der Waals surface area contributed by atoms with Crippen LogP contribution in [0.3, 0.4) is 0 Å². The second-order valence-corrected chi connectivity index (χ2v) is 12.9. The van der Waals surface area contributed by atoms with E-state index in [4.69, 9.17) is 0 Å². The van der Waals surface area contributed by atoms with Gasteiger partial charge in [-0.2, -0.15) is 0 Å². The lowest BCUT2D eigenvalue weighted by atomic mass is 9.64. The second kappa shape index (κ2) is 12.9. The Morgan fingerprint density at radius 2 is 1.77 bits per heavy atom. The number of H-pyrrole nitrogens is 1. The first kappa shape index (κ1) is 30.3. The van der Waals surface area contributed by atoms with Gasteiger partial charge in [-0.15, -0.1) is 0 Å². The first-order valence-electron chi connectivity index (χ1n) is 15.3. The van der Waals surface area contributed by atoms with Gasteiger partial charge in [0.15, 0.2) is 11.4 Å². The first-order chi connectivity index (χ1) is 18.1. The highest BCUT2D eigenvalue weighted by Crippen LogP contribution is 2.46. The van der Waals surface area contributed by atoms with Crippen molar-refractivity contribution in [3.8, 4) is 0 Å². The number of nitrogens with two attached hydrogens (primary N) is 1. The summed E-state index contributed by atoms with van der Waals surface area (Å²) in [5, 5.41) is 2.44. The van der Waals surface area contributed by atoms with Crippen molar-refractivity contribution in [3.05, 3.63) is 65.0 Å². The Morgan fingerprint density at radius 3 is 2.51 bits per heavy atom. The minimum atomic E-state index is -0.00985. The van der Waals surface area contributed by atoms with Crippen LogP contribution in [0.25, 0.3) is 0 Å². The minimum Gasteiger partial charge on any atom is -1.00 e. The molecule has 3 fully saturated rings. The minimum absolute atomic E-state index is 0. The van der Waals surface area contributed by atoms with Crippen LogP contribution >= 0.6 is 0 Å². The Morgan fingerprint density at radius 1 is 1.00 bits per heavy atom. The van der Waals surface area contributed by atoms with Crippen LogP contribution in [-0.2, 0) is 16.6 Å². The highest BCUT2D eigenvalue weighted by Gasteiger charge is 2.56. The zero-order chi connectivity index (χ0) is 25.4. The second-order valence-electron chi connectivity index (χ2n) is 12.9. The summed E-state index contributed by atoms with van der Waals surface area (Å²) in [5.41, 5.74) is 5.63. The predicted molar refractivity (Wildman–Crippen MR) is 147 cm³/mol. The topological polar surface area (TPSA) is 51.1 Å². The molecule has 4 atom stereocenters. The number of nitrogens with zero attached hydrogens (tertiary/aromatic N) is 1. The number of aryl methyl sites for hydroxylation is 1. The molecule has 1 aromatic carbocycles. The van der Waals surface area contributed by atoms with E-state index in [1.807, 2.05) is 0 Å². The van der Waals surface area contributed by atoms with Gasteiger partial charge < -0.3 is 35.0 Å². The average molecular weight is 573 g/mol. The van der Waals surface area contributed by atoms with Gasteiger partial charge in [-0.3, -0.25) is 4.79 Å². The van der Waals surface area contributed by atoms with Crippen LogP contribution < -0.4 is 35.1 Å². The fourth-order valence-electron chi connectivity index (χ4n) is 8.52. The molecular weight excluding hydrogens is 525 g/mol. The maximum atomic E-state index is 14.7. The quantitative estimate of drug-likeness (QED) is 0.490. The number of hydrogen-bond acceptors (Lipinski definition) is 1. The van der Waals surface area contributed by atoms with Gasteiger partial charge in [0.05, 0.1) is 18.5 Å². The van der Waals surface area contributed by atoms with Crippen molar-refractivity contribution in [2.75, 3.05) is 19.6 Å². The number of piperidine rings is 1. The van der Waals surface area contributed by atoms with Crippen molar-refractivity contribution in [1.82, 2.24) is 4.90 Å². The number of amides is 1. The zero-order valence-electron chi connectivity index (χ0n) is 23.8. The third-order valence-corrected chi connectivity index (χ3v) is 10.5. The average Bonchev–Trinajstić information content (AvgIpc) is 3.37. The standard InChI is InChI=1S/C33H45N3O.2ClH/c1-23(2)29-16-15-27-30(35-29)14-9-18-33(27)22-34-21-28(33)32(37)36-19-17-26(24-10-5-3-6-11-24)20-31(36)25-12-7-4-8-13-25;;/h3,5-6,10-11,15-16,23,25-26,28,31,34H,4,7-9,12-14,17-22H2,1-2H3;2*1H/t26-,28+,31+,33+;;/m1../s1. The molecular formula is C33H47Cl2N3O. The molecule has 2 aromatic rings. The van der Waals surface area contributed by atoms with E-state index in [0.29, 0.717) is 29.7 Å². The predicted octanol–water partition coefficient (Wildman–Crippen LogP) is -1.25. The van der Waals surface area contributed by atoms with Crippen LogP contribution in [0.15, 0.2) is 42.5 Å². The van der Waals surface area contributed by atoms with Crippen LogP contribution in [0.4, 0.5) is 0 Å². The third-order valence-electron chi connectivity index (χ3n) is 10.5. The number of carbonyl (C=O) groups excluding carboxylic acids is 1. The molecule has 2 aliphatic carbocycles. The number of quaternary nitrogens is 1. The van der Waals surface area contributed by atoms with Gasteiger partial charge in [0.25, 0.3) is 0 Å². The number of aromatic nitrogens is 1. The van der Waals surface area contributed by atoms with Crippen molar-refractivity contribution in [1.29, 1.82) is 0 Å². The van der Waals surface area contributed by atoms with Gasteiger partial charge in [-0.25, -0.2) is 4.98 Å². The van der Waals surface area contributed by atoms with Gasteiger partial charge >= 0.3 is 0 Å². The largest absolute Gasteiger partial charge is 1.00 e. The molecule has 6 heteroatoms. The smallest absolute Gasteiger partial charge is 0.232 e. The Hall–Kier alpha value is -1.62. The van der Waals surface area contributed by atoms with Crippen molar-refractivity contribution in [3.63, 3.8) is 0 Å². The summed E-state index contributed by atoms with van der Waals surface area (Å²) < 4.78 is 0. The van der Waals surface area contributed by atoms with E-state index in [1.165, 1.54) is 61.0 Å². The molecule has 0 unspecified atom stereocenters. The Balaban J connectivity index is 0.00000176. The molecule has 6 rings (SSSR count). The summed E-state index contributed by atoms with van der Waals surface area (Å²) in [7, 11) is 0. The summed E-state index contributed by atoms with van der Waals surface area (Å²) in [6.45, 7) is 7.45. The molecule has 39 heavy (non-hydrogen) atoms. The molecule has 1 aromatic heterocycles. The number of pyridine rings is 1. The molecule has 4 aliphatic rings. The maximum absolute atomic E-state index is 14.7. The Labute approximate surface area is 247 Å². The van der Waals surface area contributed by atoms with Gasteiger partial charge in [-0.05, 0) is 62.0 Å². The highest BCUT2D eigenvalue weighted by molar-refractivity contribution is 5.82. The van der Waals surface area contributed by atoms with E-state index in [-0.39, 0.29) is 36.1 Å². The van der Waals surface area contributed by atoms with Crippen molar-refractivity contribution < 1.29 is 39.9 Å². The fourth-order valence-corrected chi connectivity index (χ4v) is 8.52. The Kier molecular flexibility index (Phi) is 10.0. The molecule has 1 amide bonds. The van der Waals surface area contributed by atoms with E-state index in [9.17, 15) is 4.79 Å². The van der Waals surface area contributed by atoms with Gasteiger partial charge in [0.1, 0.15) is 5.92 Å². The number of benzene rings is 1. The molecule has 2 aliphatic heterocycles. The molecule has 1 spiro atoms. The molecule has 214 valence electrons. The number of nitrogens with one attached hydrogen (secondary N) is 1. The highest BCUT2D eigenvalue weighted by atomic mass is 35.5. The van der Waals surface area contributed by atoms with Gasteiger partial charge in [-0.1, -0.05) is 63.4 Å². The van der Waals surface area contributed by atoms with E-state index < -0.39 is 0 Å².